The second-order valence-electron chi connectivity index (χ2n) is 4.37. The third-order valence-corrected chi connectivity index (χ3v) is 4.04. The minimum absolute atomic E-state index is 0. The Hall–Kier alpha value is -0.580. The fourth-order valence-electron chi connectivity index (χ4n) is 1.93. The van der Waals surface area contributed by atoms with E-state index in [0.29, 0.717) is 5.92 Å². The lowest BCUT2D eigenvalue weighted by molar-refractivity contribution is -0.123. The van der Waals surface area contributed by atoms with E-state index < -0.39 is 6.04 Å². The molecule has 0 aromatic carbocycles. The second kappa shape index (κ2) is 8.51. The normalized spacial score (nSPS) is 13.8. The molecule has 0 aliphatic heterocycles. The van der Waals surface area contributed by atoms with Crippen LogP contribution in [0, 0.1) is 5.92 Å². The number of hydrogen-bond acceptors (Lipinski definition) is 3. The maximum atomic E-state index is 11.8. The molecule has 0 spiro atoms. The fraction of sp³-hybridized carbons (Fsp3) is 0.615. The maximum absolute atomic E-state index is 11.8. The van der Waals surface area contributed by atoms with Crippen molar-refractivity contribution in [2.75, 3.05) is 0 Å². The third-order valence-electron chi connectivity index (χ3n) is 3.08. The van der Waals surface area contributed by atoms with Crippen LogP contribution >= 0.6 is 23.7 Å². The molecule has 0 fully saturated rings. The van der Waals surface area contributed by atoms with E-state index in [0.717, 1.165) is 12.8 Å². The number of carbonyl (C=O) groups excluding carboxylic acids is 1. The quantitative estimate of drug-likeness (QED) is 0.846. The van der Waals surface area contributed by atoms with E-state index in [1.807, 2.05) is 11.4 Å². The van der Waals surface area contributed by atoms with Gasteiger partial charge in [-0.15, -0.1) is 23.7 Å². The summed E-state index contributed by atoms with van der Waals surface area (Å²) in [6, 6.07) is 3.75. The molecule has 3 nitrogen and oxygen atoms in total. The molecule has 1 amide bonds. The Labute approximate surface area is 120 Å². The number of rotatable bonds is 6. The summed E-state index contributed by atoms with van der Waals surface area (Å²) in [6.45, 7) is 6.04. The zero-order chi connectivity index (χ0) is 12.8. The van der Waals surface area contributed by atoms with E-state index in [4.69, 9.17) is 5.73 Å². The zero-order valence-electron chi connectivity index (χ0n) is 11.2. The number of thiophene rings is 1. The molecule has 0 radical (unpaired) electrons. The van der Waals surface area contributed by atoms with Crippen molar-refractivity contribution in [2.45, 2.75) is 45.7 Å². The molecule has 0 saturated carbocycles. The van der Waals surface area contributed by atoms with Gasteiger partial charge in [-0.25, -0.2) is 0 Å². The van der Waals surface area contributed by atoms with Crippen LogP contribution in [0.1, 0.15) is 44.5 Å². The van der Waals surface area contributed by atoms with E-state index in [-0.39, 0.29) is 24.4 Å². The summed E-state index contributed by atoms with van der Waals surface area (Å²) >= 11 is 1.69. The van der Waals surface area contributed by atoms with Crippen molar-refractivity contribution in [3.05, 3.63) is 22.4 Å². The molecule has 5 heteroatoms. The summed E-state index contributed by atoms with van der Waals surface area (Å²) in [5.74, 6) is 0.395. The van der Waals surface area contributed by atoms with Crippen molar-refractivity contribution in [2.24, 2.45) is 11.7 Å². The van der Waals surface area contributed by atoms with E-state index in [2.05, 4.69) is 25.2 Å². The molecule has 3 N–H and O–H groups in total. The molecular formula is C13H23ClN2OS. The molecular weight excluding hydrogens is 268 g/mol. The van der Waals surface area contributed by atoms with Crippen molar-refractivity contribution >= 4 is 29.7 Å². The van der Waals surface area contributed by atoms with Gasteiger partial charge in [0, 0.05) is 4.88 Å². The van der Waals surface area contributed by atoms with E-state index in [1.54, 1.807) is 18.3 Å². The predicted molar refractivity (Wildman–Crippen MR) is 80.2 cm³/mol. The highest BCUT2D eigenvalue weighted by atomic mass is 35.5. The highest BCUT2D eigenvalue weighted by molar-refractivity contribution is 7.10. The van der Waals surface area contributed by atoms with Gasteiger partial charge >= 0.3 is 0 Å². The molecule has 1 rings (SSSR count). The van der Waals surface area contributed by atoms with Crippen LogP contribution in [-0.2, 0) is 4.79 Å². The number of carbonyl (C=O) groups is 1. The average molecular weight is 291 g/mol. The Morgan fingerprint density at radius 1 is 1.44 bits per heavy atom. The van der Waals surface area contributed by atoms with Gasteiger partial charge < -0.3 is 11.1 Å². The van der Waals surface area contributed by atoms with Gasteiger partial charge in [0.25, 0.3) is 0 Å². The van der Waals surface area contributed by atoms with Crippen LogP contribution in [0.25, 0.3) is 0 Å². The lowest BCUT2D eigenvalue weighted by atomic mass is 9.92. The first-order valence-corrected chi connectivity index (χ1v) is 7.07. The Balaban J connectivity index is 0.00000289. The van der Waals surface area contributed by atoms with Gasteiger partial charge in [-0.3, -0.25) is 4.79 Å². The molecule has 1 aromatic rings. The molecule has 0 aliphatic rings. The molecule has 1 aromatic heterocycles. The van der Waals surface area contributed by atoms with Crippen LogP contribution in [0.15, 0.2) is 17.5 Å². The molecule has 1 heterocycles. The maximum Gasteiger partial charge on any atom is 0.237 e. The van der Waals surface area contributed by atoms with Crippen molar-refractivity contribution < 1.29 is 4.79 Å². The van der Waals surface area contributed by atoms with Gasteiger partial charge in [-0.2, -0.15) is 0 Å². The number of nitrogens with two attached hydrogens (primary N) is 1. The molecule has 0 saturated heterocycles. The van der Waals surface area contributed by atoms with Gasteiger partial charge in [0.2, 0.25) is 5.91 Å². The number of halogens is 1. The standard InChI is InChI=1S/C13H22N2OS.ClH/c1-4-10(5-2)12(11-7-6-8-17-11)15-13(16)9(3)14;/h6-10,12H,4-5,14H2,1-3H3,(H,15,16);1H/t9-,12?;/m0./s1. The average Bonchev–Trinajstić information content (AvgIpc) is 2.82. The van der Waals surface area contributed by atoms with Crippen LogP contribution in [0.2, 0.25) is 0 Å². The topological polar surface area (TPSA) is 55.1 Å². The SMILES string of the molecule is CCC(CC)C(NC(=O)[C@H](C)N)c1cccs1.Cl. The van der Waals surface area contributed by atoms with Gasteiger partial charge in [-0.05, 0) is 24.3 Å². The first-order valence-electron chi connectivity index (χ1n) is 6.19. The molecule has 104 valence electrons. The van der Waals surface area contributed by atoms with Crippen LogP contribution in [0.3, 0.4) is 0 Å². The molecule has 18 heavy (non-hydrogen) atoms. The Morgan fingerprint density at radius 3 is 2.44 bits per heavy atom. The smallest absolute Gasteiger partial charge is 0.237 e. The summed E-state index contributed by atoms with van der Waals surface area (Å²) in [4.78, 5) is 13.0. The Kier molecular flexibility index (Phi) is 8.24. The highest BCUT2D eigenvalue weighted by Gasteiger charge is 2.24. The fourth-order valence-corrected chi connectivity index (χ4v) is 2.80. The molecule has 2 atom stereocenters. The minimum atomic E-state index is -0.452. The van der Waals surface area contributed by atoms with Crippen LogP contribution in [0.4, 0.5) is 0 Å². The summed E-state index contributed by atoms with van der Waals surface area (Å²) in [7, 11) is 0. The largest absolute Gasteiger partial charge is 0.347 e. The number of nitrogens with one attached hydrogen (secondary N) is 1. The monoisotopic (exact) mass is 290 g/mol. The summed E-state index contributed by atoms with van der Waals surface area (Å²) in [5.41, 5.74) is 5.61. The van der Waals surface area contributed by atoms with Gasteiger partial charge in [0.05, 0.1) is 12.1 Å². The molecule has 0 aliphatic carbocycles. The summed E-state index contributed by atoms with van der Waals surface area (Å²) in [5, 5.41) is 5.11. The van der Waals surface area contributed by atoms with Crippen LogP contribution < -0.4 is 11.1 Å². The van der Waals surface area contributed by atoms with Crippen molar-refractivity contribution in [1.29, 1.82) is 0 Å². The molecule has 0 bridgehead atoms. The van der Waals surface area contributed by atoms with E-state index >= 15 is 0 Å². The third kappa shape index (κ3) is 4.59. The van der Waals surface area contributed by atoms with E-state index in [9.17, 15) is 4.79 Å². The lowest BCUT2D eigenvalue weighted by Crippen LogP contribution is -2.42. The van der Waals surface area contributed by atoms with Crippen molar-refractivity contribution in [3.63, 3.8) is 0 Å². The van der Waals surface area contributed by atoms with Gasteiger partial charge in [0.1, 0.15) is 0 Å². The highest BCUT2D eigenvalue weighted by Crippen LogP contribution is 2.30. The first-order chi connectivity index (χ1) is 8.10. The first kappa shape index (κ1) is 17.4. The van der Waals surface area contributed by atoms with Crippen molar-refractivity contribution in [3.8, 4) is 0 Å². The summed E-state index contributed by atoms with van der Waals surface area (Å²) < 4.78 is 0. The van der Waals surface area contributed by atoms with E-state index in [1.165, 1.54) is 4.88 Å². The minimum Gasteiger partial charge on any atom is -0.347 e. The molecule has 1 unspecified atom stereocenters. The Bertz CT molecular complexity index is 337. The van der Waals surface area contributed by atoms with Gasteiger partial charge in [0.15, 0.2) is 0 Å². The predicted octanol–water partition coefficient (Wildman–Crippen LogP) is 3.11. The Morgan fingerprint density at radius 2 is 2.06 bits per heavy atom. The summed E-state index contributed by atoms with van der Waals surface area (Å²) in [6.07, 6.45) is 2.11. The number of hydrogen-bond donors (Lipinski definition) is 2. The van der Waals surface area contributed by atoms with Crippen LogP contribution in [0.5, 0.6) is 0 Å². The van der Waals surface area contributed by atoms with Crippen molar-refractivity contribution in [1.82, 2.24) is 5.32 Å². The zero-order valence-corrected chi connectivity index (χ0v) is 12.8. The number of amides is 1. The second-order valence-corrected chi connectivity index (χ2v) is 5.35. The van der Waals surface area contributed by atoms with Gasteiger partial charge in [-0.1, -0.05) is 32.8 Å². The lowest BCUT2D eigenvalue weighted by Gasteiger charge is -2.26. The van der Waals surface area contributed by atoms with Crippen LogP contribution in [-0.4, -0.2) is 11.9 Å².